The lowest BCUT2D eigenvalue weighted by molar-refractivity contribution is -0.144. The summed E-state index contributed by atoms with van der Waals surface area (Å²) in [5.41, 5.74) is 1.59. The molecule has 0 fully saturated rings. The first-order chi connectivity index (χ1) is 12.9. The lowest BCUT2D eigenvalue weighted by Crippen LogP contribution is -2.21. The number of thioether (sulfide) groups is 1. The van der Waals surface area contributed by atoms with Crippen LogP contribution in [0, 0.1) is 6.92 Å². The Bertz CT molecular complexity index is 828. The summed E-state index contributed by atoms with van der Waals surface area (Å²) in [4.78, 5) is 24.8. The molecule has 0 aliphatic rings. The second-order valence-corrected chi connectivity index (χ2v) is 7.41. The number of rotatable bonds is 8. The van der Waals surface area contributed by atoms with Crippen LogP contribution in [0.4, 0.5) is 5.69 Å². The number of methoxy groups -OCH3 is 2. The number of halogens is 1. The maximum atomic E-state index is 12.0. The average Bonchev–Trinajstić information content (AvgIpc) is 2.65. The van der Waals surface area contributed by atoms with E-state index in [-0.39, 0.29) is 12.4 Å². The summed E-state index contributed by atoms with van der Waals surface area (Å²) in [6.45, 7) is 1.61. The van der Waals surface area contributed by atoms with Crippen LogP contribution in [-0.2, 0) is 14.3 Å². The Morgan fingerprint density at radius 3 is 2.48 bits per heavy atom. The molecule has 0 unspecified atom stereocenters. The molecule has 0 heterocycles. The van der Waals surface area contributed by atoms with E-state index in [1.54, 1.807) is 18.2 Å². The van der Waals surface area contributed by atoms with Crippen molar-refractivity contribution in [3.05, 3.63) is 46.4 Å². The van der Waals surface area contributed by atoms with Crippen LogP contribution in [-0.4, -0.2) is 38.5 Å². The largest absolute Gasteiger partial charge is 0.493 e. The first kappa shape index (κ1) is 21.1. The number of esters is 1. The summed E-state index contributed by atoms with van der Waals surface area (Å²) in [7, 11) is 3.04. The molecule has 0 aliphatic carbocycles. The monoisotopic (exact) mass is 453 g/mol. The normalized spacial score (nSPS) is 10.2. The highest BCUT2D eigenvalue weighted by Gasteiger charge is 2.11. The number of carbonyl (C=O) groups is 2. The fourth-order valence-corrected chi connectivity index (χ4v) is 3.49. The molecule has 0 spiro atoms. The molecule has 2 aromatic carbocycles. The highest BCUT2D eigenvalue weighted by atomic mass is 79.9. The molecule has 144 valence electrons. The van der Waals surface area contributed by atoms with Crippen molar-refractivity contribution in [2.45, 2.75) is 11.8 Å². The van der Waals surface area contributed by atoms with E-state index < -0.39 is 11.9 Å². The van der Waals surface area contributed by atoms with Crippen molar-refractivity contribution in [3.8, 4) is 11.5 Å². The molecule has 0 saturated heterocycles. The number of nitrogens with one attached hydrogen (secondary N) is 1. The van der Waals surface area contributed by atoms with Gasteiger partial charge in [-0.1, -0.05) is 15.9 Å². The predicted molar refractivity (Wildman–Crippen MR) is 109 cm³/mol. The van der Waals surface area contributed by atoms with Gasteiger partial charge in [-0.15, -0.1) is 11.8 Å². The molecule has 1 amide bonds. The van der Waals surface area contributed by atoms with Gasteiger partial charge in [0.2, 0.25) is 0 Å². The van der Waals surface area contributed by atoms with Crippen molar-refractivity contribution in [2.24, 2.45) is 0 Å². The Hall–Kier alpha value is -2.19. The molecular weight excluding hydrogens is 434 g/mol. The summed E-state index contributed by atoms with van der Waals surface area (Å²) in [5.74, 6) is 0.299. The molecule has 2 rings (SSSR count). The van der Waals surface area contributed by atoms with E-state index in [0.29, 0.717) is 17.2 Å². The molecule has 0 aliphatic heterocycles. The number of hydrogen-bond donors (Lipinski definition) is 1. The molecule has 0 saturated carbocycles. The third-order valence-corrected chi connectivity index (χ3v) is 5.16. The zero-order valence-corrected chi connectivity index (χ0v) is 17.6. The topological polar surface area (TPSA) is 73.9 Å². The van der Waals surface area contributed by atoms with E-state index in [2.05, 4.69) is 21.2 Å². The number of aryl methyl sites for hydroxylation is 1. The minimum atomic E-state index is -0.454. The summed E-state index contributed by atoms with van der Waals surface area (Å²) < 4.78 is 16.3. The Labute approximate surface area is 170 Å². The van der Waals surface area contributed by atoms with E-state index in [1.165, 1.54) is 26.0 Å². The number of hydrogen-bond acceptors (Lipinski definition) is 6. The minimum Gasteiger partial charge on any atom is -0.493 e. The van der Waals surface area contributed by atoms with Gasteiger partial charge in [-0.3, -0.25) is 9.59 Å². The zero-order valence-electron chi connectivity index (χ0n) is 15.2. The van der Waals surface area contributed by atoms with Crippen LogP contribution in [0.2, 0.25) is 0 Å². The molecule has 27 heavy (non-hydrogen) atoms. The van der Waals surface area contributed by atoms with Gasteiger partial charge in [0.15, 0.2) is 18.1 Å². The molecule has 8 heteroatoms. The quantitative estimate of drug-likeness (QED) is 0.479. The van der Waals surface area contributed by atoms with Crippen LogP contribution >= 0.6 is 27.7 Å². The Kier molecular flexibility index (Phi) is 7.99. The van der Waals surface area contributed by atoms with Gasteiger partial charge in [0.25, 0.3) is 5.91 Å². The standard InChI is InChI=1S/C19H20BrNO5S/c1-12-8-13(20)4-7-17(12)27-11-19(23)26-10-18(22)21-14-5-6-15(24-2)16(9-14)25-3/h4-9H,10-11H2,1-3H3,(H,21,22). The van der Waals surface area contributed by atoms with E-state index in [9.17, 15) is 9.59 Å². The van der Waals surface area contributed by atoms with E-state index in [0.717, 1.165) is 14.9 Å². The van der Waals surface area contributed by atoms with Crippen molar-refractivity contribution in [1.29, 1.82) is 0 Å². The Balaban J connectivity index is 1.80. The lowest BCUT2D eigenvalue weighted by atomic mass is 10.2. The van der Waals surface area contributed by atoms with Crippen molar-refractivity contribution < 1.29 is 23.8 Å². The van der Waals surface area contributed by atoms with Crippen LogP contribution in [0.5, 0.6) is 11.5 Å². The van der Waals surface area contributed by atoms with Gasteiger partial charge < -0.3 is 19.5 Å². The first-order valence-corrected chi connectivity index (χ1v) is 9.77. The third-order valence-electron chi connectivity index (χ3n) is 3.51. The van der Waals surface area contributed by atoms with Gasteiger partial charge in [-0.2, -0.15) is 0 Å². The van der Waals surface area contributed by atoms with Crippen molar-refractivity contribution >= 4 is 45.3 Å². The maximum absolute atomic E-state index is 12.0. The number of ether oxygens (including phenoxy) is 3. The Morgan fingerprint density at radius 1 is 1.07 bits per heavy atom. The molecule has 0 radical (unpaired) electrons. The van der Waals surface area contributed by atoms with Crippen LogP contribution in [0.3, 0.4) is 0 Å². The van der Waals surface area contributed by atoms with Crippen molar-refractivity contribution in [3.63, 3.8) is 0 Å². The minimum absolute atomic E-state index is 0.131. The smallest absolute Gasteiger partial charge is 0.316 e. The van der Waals surface area contributed by atoms with E-state index in [1.807, 2.05) is 25.1 Å². The van der Waals surface area contributed by atoms with Gasteiger partial charge in [0.1, 0.15) is 0 Å². The molecule has 2 aromatic rings. The second kappa shape index (κ2) is 10.2. The van der Waals surface area contributed by atoms with Gasteiger partial charge in [-0.05, 0) is 42.8 Å². The molecule has 6 nitrogen and oxygen atoms in total. The predicted octanol–water partition coefficient (Wildman–Crippen LogP) is 4.05. The highest BCUT2D eigenvalue weighted by molar-refractivity contribution is 9.10. The van der Waals surface area contributed by atoms with Crippen molar-refractivity contribution in [2.75, 3.05) is 31.9 Å². The number of carbonyl (C=O) groups excluding carboxylic acids is 2. The van der Waals surface area contributed by atoms with Gasteiger partial charge in [0, 0.05) is 21.1 Å². The fraction of sp³-hybridized carbons (Fsp3) is 0.263. The maximum Gasteiger partial charge on any atom is 0.316 e. The molecule has 0 aromatic heterocycles. The average molecular weight is 454 g/mol. The number of benzene rings is 2. The lowest BCUT2D eigenvalue weighted by Gasteiger charge is -2.11. The molecular formula is C19H20BrNO5S. The van der Waals surface area contributed by atoms with Gasteiger partial charge in [-0.25, -0.2) is 0 Å². The number of amides is 1. The third kappa shape index (κ3) is 6.48. The van der Waals surface area contributed by atoms with Gasteiger partial charge in [0.05, 0.1) is 20.0 Å². The summed E-state index contributed by atoms with van der Waals surface area (Å²) in [6.07, 6.45) is 0. The number of anilines is 1. The van der Waals surface area contributed by atoms with Crippen LogP contribution in [0.25, 0.3) is 0 Å². The summed E-state index contributed by atoms with van der Waals surface area (Å²) >= 11 is 4.77. The summed E-state index contributed by atoms with van der Waals surface area (Å²) in [5, 5.41) is 2.65. The SMILES string of the molecule is COc1ccc(NC(=O)COC(=O)CSc2ccc(Br)cc2C)cc1OC. The zero-order chi connectivity index (χ0) is 19.8. The van der Waals surface area contributed by atoms with Crippen LogP contribution < -0.4 is 14.8 Å². The molecule has 1 N–H and O–H groups in total. The van der Waals surface area contributed by atoms with E-state index >= 15 is 0 Å². The highest BCUT2D eigenvalue weighted by Crippen LogP contribution is 2.29. The fourth-order valence-electron chi connectivity index (χ4n) is 2.21. The van der Waals surface area contributed by atoms with Gasteiger partial charge >= 0.3 is 5.97 Å². The molecule has 0 atom stereocenters. The van der Waals surface area contributed by atoms with Crippen LogP contribution in [0.15, 0.2) is 45.8 Å². The second-order valence-electron chi connectivity index (χ2n) is 5.48. The van der Waals surface area contributed by atoms with E-state index in [4.69, 9.17) is 14.2 Å². The summed E-state index contributed by atoms with van der Waals surface area (Å²) in [6, 6.07) is 10.8. The molecule has 0 bridgehead atoms. The first-order valence-electron chi connectivity index (χ1n) is 7.99. The van der Waals surface area contributed by atoms with Crippen molar-refractivity contribution in [1.82, 2.24) is 0 Å². The Morgan fingerprint density at radius 2 is 1.81 bits per heavy atom. The van der Waals surface area contributed by atoms with Crippen LogP contribution in [0.1, 0.15) is 5.56 Å².